The van der Waals surface area contributed by atoms with E-state index in [2.05, 4.69) is 6.92 Å². The van der Waals surface area contributed by atoms with Gasteiger partial charge in [-0.05, 0) is 73.4 Å². The molecule has 5 rings (SSSR count). The maximum Gasteiger partial charge on any atom is 0.291 e. The summed E-state index contributed by atoms with van der Waals surface area (Å²) in [6, 6.07) is 13.9. The second-order valence-corrected chi connectivity index (χ2v) is 9.98. The van der Waals surface area contributed by atoms with Crippen LogP contribution < -0.4 is 14.9 Å². The molecule has 0 bridgehead atoms. The number of nitrogens with zero attached hydrogens (tertiary/aromatic N) is 1. The molecule has 1 unspecified atom stereocenters. The minimum Gasteiger partial charge on any atom is -0.490 e. The summed E-state index contributed by atoms with van der Waals surface area (Å²) in [6.45, 7) is 6.88. The molecule has 0 aliphatic carbocycles. The molecule has 2 heterocycles. The molecule has 0 spiro atoms. The Morgan fingerprint density at radius 3 is 2.49 bits per heavy atom. The number of fused-ring (bicyclic) bond motifs is 2. The average Bonchev–Trinajstić information content (AvgIpc) is 3.19. The molecule has 0 fully saturated rings. The van der Waals surface area contributed by atoms with Gasteiger partial charge in [0, 0.05) is 11.6 Å². The normalized spacial score (nSPS) is 14.6. The second-order valence-electron chi connectivity index (χ2n) is 9.57. The zero-order valence-corrected chi connectivity index (χ0v) is 22.8. The highest BCUT2D eigenvalue weighted by atomic mass is 35.5. The molecule has 3 aromatic carbocycles. The summed E-state index contributed by atoms with van der Waals surface area (Å²) in [5.41, 5.74) is 2.32. The van der Waals surface area contributed by atoms with Crippen LogP contribution in [-0.4, -0.2) is 24.0 Å². The Kier molecular flexibility index (Phi) is 7.62. The minimum atomic E-state index is -0.762. The molecule has 1 aliphatic rings. The van der Waals surface area contributed by atoms with E-state index in [1.165, 1.54) is 12.1 Å². The number of halogens is 2. The predicted octanol–water partition coefficient (Wildman–Crippen LogP) is 7.22. The molecule has 6 nitrogen and oxygen atoms in total. The molecular formula is C31H29ClFNO5. The number of benzene rings is 3. The van der Waals surface area contributed by atoms with E-state index in [1.807, 2.05) is 13.0 Å². The van der Waals surface area contributed by atoms with Crippen molar-refractivity contribution in [2.75, 3.05) is 13.2 Å². The van der Waals surface area contributed by atoms with Crippen LogP contribution in [0.4, 0.5) is 4.39 Å². The van der Waals surface area contributed by atoms with Crippen LogP contribution in [-0.2, 0) is 6.54 Å². The van der Waals surface area contributed by atoms with Crippen molar-refractivity contribution in [2.24, 2.45) is 0 Å². The van der Waals surface area contributed by atoms with Crippen molar-refractivity contribution in [3.63, 3.8) is 0 Å². The quantitative estimate of drug-likeness (QED) is 0.206. The molecule has 0 N–H and O–H groups in total. The summed E-state index contributed by atoms with van der Waals surface area (Å²) in [7, 11) is 0. The molecule has 8 heteroatoms. The van der Waals surface area contributed by atoms with E-state index in [1.54, 1.807) is 48.2 Å². The summed E-state index contributed by atoms with van der Waals surface area (Å²) in [6.07, 6.45) is 1.90. The van der Waals surface area contributed by atoms with Crippen molar-refractivity contribution in [1.82, 2.24) is 4.90 Å². The monoisotopic (exact) mass is 549 g/mol. The number of carbonyl (C=O) groups is 1. The first-order chi connectivity index (χ1) is 18.8. The fourth-order valence-corrected chi connectivity index (χ4v) is 5.01. The molecule has 0 saturated heterocycles. The summed E-state index contributed by atoms with van der Waals surface area (Å²) >= 11 is 6.35. The van der Waals surface area contributed by atoms with Crippen molar-refractivity contribution in [3.05, 3.63) is 104 Å². The van der Waals surface area contributed by atoms with Gasteiger partial charge in [-0.1, -0.05) is 43.1 Å². The number of aryl methyl sites for hydroxylation is 1. The molecule has 39 heavy (non-hydrogen) atoms. The standard InChI is InChI=1S/C31H29ClFNO5/c1-4-6-13-38-24-12-9-20(15-26(24)37-5-2)28-27-29(35)22-16-23(32)18(3)14-25(22)39-30(27)31(36)34(28)17-19-7-10-21(33)11-8-19/h7-12,14-16,28H,4-6,13,17H2,1-3H3. The maximum atomic E-state index is 13.9. The maximum absolute atomic E-state index is 13.9. The van der Waals surface area contributed by atoms with Crippen LogP contribution in [0.3, 0.4) is 0 Å². The van der Waals surface area contributed by atoms with Gasteiger partial charge < -0.3 is 18.8 Å². The third-order valence-corrected chi connectivity index (χ3v) is 7.26. The summed E-state index contributed by atoms with van der Waals surface area (Å²) in [4.78, 5) is 29.3. The van der Waals surface area contributed by atoms with Gasteiger partial charge in [-0.3, -0.25) is 9.59 Å². The van der Waals surface area contributed by atoms with Crippen LogP contribution in [0.1, 0.15) is 65.5 Å². The molecule has 1 amide bonds. The van der Waals surface area contributed by atoms with Crippen LogP contribution in [0.5, 0.6) is 11.5 Å². The summed E-state index contributed by atoms with van der Waals surface area (Å²) in [5, 5.41) is 0.737. The first kappa shape index (κ1) is 26.8. The third-order valence-electron chi connectivity index (χ3n) is 6.85. The van der Waals surface area contributed by atoms with Gasteiger partial charge in [0.1, 0.15) is 11.4 Å². The Labute approximate surface area is 230 Å². The highest BCUT2D eigenvalue weighted by Gasteiger charge is 2.43. The van der Waals surface area contributed by atoms with Crippen molar-refractivity contribution < 1.29 is 23.1 Å². The van der Waals surface area contributed by atoms with Gasteiger partial charge in [-0.15, -0.1) is 0 Å². The van der Waals surface area contributed by atoms with Crippen LogP contribution in [0.15, 0.2) is 63.8 Å². The van der Waals surface area contributed by atoms with Crippen molar-refractivity contribution >= 4 is 28.5 Å². The van der Waals surface area contributed by atoms with E-state index in [0.29, 0.717) is 51.8 Å². The number of hydrogen-bond acceptors (Lipinski definition) is 5. The van der Waals surface area contributed by atoms with Crippen molar-refractivity contribution in [1.29, 1.82) is 0 Å². The van der Waals surface area contributed by atoms with E-state index < -0.39 is 11.9 Å². The number of amides is 1. The molecule has 1 aliphatic heterocycles. The lowest BCUT2D eigenvalue weighted by molar-refractivity contribution is 0.0714. The number of hydrogen-bond donors (Lipinski definition) is 0. The van der Waals surface area contributed by atoms with Gasteiger partial charge in [-0.25, -0.2) is 4.39 Å². The fourth-order valence-electron chi connectivity index (χ4n) is 4.85. The number of carbonyl (C=O) groups excluding carboxylic acids is 1. The topological polar surface area (TPSA) is 69.0 Å². The van der Waals surface area contributed by atoms with Crippen LogP contribution in [0.2, 0.25) is 5.02 Å². The van der Waals surface area contributed by atoms with Gasteiger partial charge in [-0.2, -0.15) is 0 Å². The van der Waals surface area contributed by atoms with Gasteiger partial charge in [0.25, 0.3) is 5.91 Å². The van der Waals surface area contributed by atoms with Crippen LogP contribution in [0, 0.1) is 12.7 Å². The Bertz CT molecular complexity index is 1600. The lowest BCUT2D eigenvalue weighted by Gasteiger charge is -2.26. The van der Waals surface area contributed by atoms with Gasteiger partial charge in [0.05, 0.1) is 30.2 Å². The summed E-state index contributed by atoms with van der Waals surface area (Å²) in [5.74, 6) is 0.311. The Hall–Kier alpha value is -3.84. The van der Waals surface area contributed by atoms with E-state index in [-0.39, 0.29) is 29.1 Å². The van der Waals surface area contributed by atoms with E-state index in [9.17, 15) is 14.0 Å². The molecule has 0 saturated carbocycles. The second kappa shape index (κ2) is 11.1. The minimum absolute atomic E-state index is 0.0115. The van der Waals surface area contributed by atoms with E-state index in [0.717, 1.165) is 18.4 Å². The highest BCUT2D eigenvalue weighted by molar-refractivity contribution is 6.32. The van der Waals surface area contributed by atoms with Crippen molar-refractivity contribution in [3.8, 4) is 11.5 Å². The predicted molar refractivity (Wildman–Crippen MR) is 148 cm³/mol. The molecule has 202 valence electrons. The van der Waals surface area contributed by atoms with Crippen molar-refractivity contribution in [2.45, 2.75) is 46.2 Å². The van der Waals surface area contributed by atoms with Crippen LogP contribution in [0.25, 0.3) is 11.0 Å². The number of ether oxygens (including phenoxy) is 2. The third kappa shape index (κ3) is 5.11. The number of rotatable bonds is 9. The molecule has 0 radical (unpaired) electrons. The molecule has 4 aromatic rings. The number of unbranched alkanes of at least 4 members (excludes halogenated alkanes) is 1. The zero-order valence-electron chi connectivity index (χ0n) is 22.1. The zero-order chi connectivity index (χ0) is 27.7. The lowest BCUT2D eigenvalue weighted by Crippen LogP contribution is -2.29. The summed E-state index contributed by atoms with van der Waals surface area (Å²) < 4.78 is 31.5. The van der Waals surface area contributed by atoms with E-state index in [4.69, 9.17) is 25.5 Å². The van der Waals surface area contributed by atoms with Gasteiger partial charge in [0.15, 0.2) is 16.9 Å². The Balaban J connectivity index is 1.67. The van der Waals surface area contributed by atoms with Gasteiger partial charge >= 0.3 is 0 Å². The lowest BCUT2D eigenvalue weighted by atomic mass is 9.97. The SMILES string of the molecule is CCCCOc1ccc(C2c3c(oc4cc(C)c(Cl)cc4c3=O)C(=O)N2Cc2ccc(F)cc2)cc1OCC. The van der Waals surface area contributed by atoms with Gasteiger partial charge in [0.2, 0.25) is 5.76 Å². The first-order valence-corrected chi connectivity index (χ1v) is 13.4. The van der Waals surface area contributed by atoms with Crippen LogP contribution >= 0.6 is 11.6 Å². The molecular weight excluding hydrogens is 521 g/mol. The first-order valence-electron chi connectivity index (χ1n) is 13.0. The Morgan fingerprint density at radius 2 is 1.77 bits per heavy atom. The average molecular weight is 550 g/mol. The molecule has 1 atom stereocenters. The fraction of sp³-hybridized carbons (Fsp3) is 0.290. The van der Waals surface area contributed by atoms with E-state index >= 15 is 0 Å². The molecule has 1 aromatic heterocycles. The largest absolute Gasteiger partial charge is 0.490 e. The highest BCUT2D eigenvalue weighted by Crippen LogP contribution is 2.42. The smallest absolute Gasteiger partial charge is 0.291 e. The Morgan fingerprint density at radius 1 is 1.00 bits per heavy atom.